The van der Waals surface area contributed by atoms with Gasteiger partial charge in [-0.2, -0.15) is 0 Å². The number of anilines is 1. The number of nitrogens with one attached hydrogen (secondary N) is 1. The molecule has 0 unspecified atom stereocenters. The third-order valence-electron chi connectivity index (χ3n) is 4.51. The number of hydrogen-bond acceptors (Lipinski definition) is 2. The summed E-state index contributed by atoms with van der Waals surface area (Å²) in [6.45, 7) is 2.09. The summed E-state index contributed by atoms with van der Waals surface area (Å²) in [4.78, 5) is 12.3. The molecule has 1 aromatic carbocycles. The number of halogens is 1. The Morgan fingerprint density at radius 1 is 1.27 bits per heavy atom. The summed E-state index contributed by atoms with van der Waals surface area (Å²) in [5.74, 6) is 1.86. The van der Waals surface area contributed by atoms with Crippen molar-refractivity contribution in [1.29, 1.82) is 0 Å². The average Bonchev–Trinajstić information content (AvgIpc) is 2.99. The quantitative estimate of drug-likeness (QED) is 0.750. The minimum Gasteiger partial charge on any atom is -0.461 e. The lowest BCUT2D eigenvalue weighted by Crippen LogP contribution is -2.03. The summed E-state index contributed by atoms with van der Waals surface area (Å²) in [5.41, 5.74) is 4.97. The summed E-state index contributed by atoms with van der Waals surface area (Å²) in [5, 5.41) is 2.91. The van der Waals surface area contributed by atoms with Crippen LogP contribution in [0, 0.1) is 6.92 Å². The zero-order chi connectivity index (χ0) is 15.3. The highest BCUT2D eigenvalue weighted by Crippen LogP contribution is 2.37. The Kier molecular flexibility index (Phi) is 3.22. The minimum absolute atomic E-state index is 0.0677. The van der Waals surface area contributed by atoms with Gasteiger partial charge in [-0.3, -0.25) is 4.79 Å². The van der Waals surface area contributed by atoms with Crippen molar-refractivity contribution < 1.29 is 9.21 Å². The second-order valence-electron chi connectivity index (χ2n) is 5.90. The molecule has 2 aliphatic rings. The van der Waals surface area contributed by atoms with E-state index < -0.39 is 0 Å². The Bertz CT molecular complexity index is 817. The van der Waals surface area contributed by atoms with Crippen molar-refractivity contribution in [2.24, 2.45) is 0 Å². The second kappa shape index (κ2) is 5.13. The molecule has 0 bridgehead atoms. The molecule has 2 heterocycles. The van der Waals surface area contributed by atoms with Crippen LogP contribution in [0.4, 0.5) is 5.69 Å². The highest BCUT2D eigenvalue weighted by molar-refractivity contribution is 9.10. The lowest BCUT2D eigenvalue weighted by molar-refractivity contribution is -0.110. The third kappa shape index (κ3) is 2.13. The molecule has 1 aliphatic heterocycles. The molecular weight excluding hydrogens is 342 g/mol. The van der Waals surface area contributed by atoms with Crippen LogP contribution in [-0.2, 0) is 17.6 Å². The van der Waals surface area contributed by atoms with Gasteiger partial charge in [0.05, 0.1) is 5.57 Å². The van der Waals surface area contributed by atoms with Gasteiger partial charge in [0.2, 0.25) is 0 Å². The Morgan fingerprint density at radius 2 is 2.09 bits per heavy atom. The fourth-order valence-electron chi connectivity index (χ4n) is 3.32. The Hall–Kier alpha value is -1.81. The van der Waals surface area contributed by atoms with Gasteiger partial charge in [-0.1, -0.05) is 15.9 Å². The van der Waals surface area contributed by atoms with E-state index in [1.165, 1.54) is 24.0 Å². The first-order chi connectivity index (χ1) is 10.6. The van der Waals surface area contributed by atoms with Crippen LogP contribution in [0.3, 0.4) is 0 Å². The first-order valence-corrected chi connectivity index (χ1v) is 8.37. The molecule has 112 valence electrons. The van der Waals surface area contributed by atoms with Gasteiger partial charge in [0.1, 0.15) is 11.5 Å². The Morgan fingerprint density at radius 3 is 2.91 bits per heavy atom. The summed E-state index contributed by atoms with van der Waals surface area (Å²) < 4.78 is 6.99. The average molecular weight is 358 g/mol. The number of rotatable bonds is 1. The molecule has 4 heteroatoms. The van der Waals surface area contributed by atoms with Crippen LogP contribution in [0.5, 0.6) is 0 Å². The maximum Gasteiger partial charge on any atom is 0.256 e. The zero-order valence-corrected chi connectivity index (χ0v) is 13.9. The van der Waals surface area contributed by atoms with Gasteiger partial charge >= 0.3 is 0 Å². The van der Waals surface area contributed by atoms with E-state index in [4.69, 9.17) is 4.42 Å². The predicted molar refractivity (Wildman–Crippen MR) is 90.7 cm³/mol. The van der Waals surface area contributed by atoms with Crippen LogP contribution < -0.4 is 5.32 Å². The predicted octanol–water partition coefficient (Wildman–Crippen LogP) is 4.72. The molecule has 22 heavy (non-hydrogen) atoms. The van der Waals surface area contributed by atoms with E-state index in [1.807, 2.05) is 24.3 Å². The van der Waals surface area contributed by atoms with E-state index in [-0.39, 0.29) is 5.91 Å². The molecule has 0 fully saturated rings. The van der Waals surface area contributed by atoms with Crippen LogP contribution in [0.1, 0.15) is 41.1 Å². The number of amides is 1. The van der Waals surface area contributed by atoms with Crippen molar-refractivity contribution in [1.82, 2.24) is 0 Å². The molecule has 2 aromatic rings. The number of fused-ring (bicyclic) bond motifs is 2. The van der Waals surface area contributed by atoms with Crippen molar-refractivity contribution in [3.8, 4) is 0 Å². The number of hydrogen-bond donors (Lipinski definition) is 1. The van der Waals surface area contributed by atoms with Crippen LogP contribution in [-0.4, -0.2) is 5.91 Å². The Labute approximate surface area is 137 Å². The van der Waals surface area contributed by atoms with E-state index >= 15 is 0 Å². The van der Waals surface area contributed by atoms with Gasteiger partial charge in [0, 0.05) is 22.1 Å². The fourth-order valence-corrected chi connectivity index (χ4v) is 3.68. The van der Waals surface area contributed by atoms with E-state index in [0.29, 0.717) is 5.57 Å². The highest BCUT2D eigenvalue weighted by atomic mass is 79.9. The van der Waals surface area contributed by atoms with E-state index in [2.05, 4.69) is 28.2 Å². The van der Waals surface area contributed by atoms with Crippen molar-refractivity contribution in [2.45, 2.75) is 32.6 Å². The summed E-state index contributed by atoms with van der Waals surface area (Å²) in [6, 6.07) is 5.81. The van der Waals surface area contributed by atoms with Gasteiger partial charge in [-0.05, 0) is 61.6 Å². The first-order valence-electron chi connectivity index (χ1n) is 7.57. The van der Waals surface area contributed by atoms with Crippen molar-refractivity contribution in [3.63, 3.8) is 0 Å². The Balaban J connectivity index is 1.83. The van der Waals surface area contributed by atoms with Gasteiger partial charge in [0.25, 0.3) is 5.91 Å². The molecule has 3 nitrogen and oxygen atoms in total. The number of furan rings is 1. The SMILES string of the molecule is Cc1c(C=C2C(=O)Nc3ccc(Br)cc32)oc2c1CCCC2. The van der Waals surface area contributed by atoms with Gasteiger partial charge < -0.3 is 9.73 Å². The standard InChI is InChI=1S/C18H16BrNO2/c1-10-12-4-2-3-5-16(12)22-17(10)9-14-13-8-11(19)6-7-15(13)20-18(14)21/h6-9H,2-5H2,1H3,(H,20,21). The molecule has 1 amide bonds. The minimum atomic E-state index is -0.0677. The molecule has 0 atom stereocenters. The second-order valence-corrected chi connectivity index (χ2v) is 6.82. The lowest BCUT2D eigenvalue weighted by atomic mass is 9.95. The smallest absolute Gasteiger partial charge is 0.256 e. The topological polar surface area (TPSA) is 42.2 Å². The van der Waals surface area contributed by atoms with Crippen molar-refractivity contribution >= 4 is 39.2 Å². The number of carbonyl (C=O) groups is 1. The molecule has 0 spiro atoms. The molecule has 0 saturated heterocycles. The van der Waals surface area contributed by atoms with E-state index in [0.717, 1.165) is 40.1 Å². The van der Waals surface area contributed by atoms with Gasteiger partial charge in [-0.25, -0.2) is 0 Å². The number of carbonyl (C=O) groups excluding carboxylic acids is 1. The zero-order valence-electron chi connectivity index (χ0n) is 12.3. The highest BCUT2D eigenvalue weighted by Gasteiger charge is 2.26. The monoisotopic (exact) mass is 357 g/mol. The summed E-state index contributed by atoms with van der Waals surface area (Å²) in [7, 11) is 0. The van der Waals surface area contributed by atoms with Gasteiger partial charge in [-0.15, -0.1) is 0 Å². The number of benzene rings is 1. The van der Waals surface area contributed by atoms with Gasteiger partial charge in [0.15, 0.2) is 0 Å². The molecule has 0 radical (unpaired) electrons. The lowest BCUT2D eigenvalue weighted by Gasteiger charge is -2.08. The summed E-state index contributed by atoms with van der Waals surface area (Å²) in [6.07, 6.45) is 6.39. The maximum absolute atomic E-state index is 12.3. The molecule has 1 aromatic heterocycles. The molecular formula is C18H16BrNO2. The van der Waals surface area contributed by atoms with Crippen molar-refractivity contribution in [3.05, 3.63) is 50.9 Å². The van der Waals surface area contributed by atoms with E-state index in [9.17, 15) is 4.79 Å². The van der Waals surface area contributed by atoms with Crippen LogP contribution in [0.2, 0.25) is 0 Å². The summed E-state index contributed by atoms with van der Waals surface area (Å²) >= 11 is 3.47. The maximum atomic E-state index is 12.3. The third-order valence-corrected chi connectivity index (χ3v) is 5.01. The first kappa shape index (κ1) is 13.8. The molecule has 4 rings (SSSR count). The molecule has 1 N–H and O–H groups in total. The van der Waals surface area contributed by atoms with Crippen molar-refractivity contribution in [2.75, 3.05) is 5.32 Å². The van der Waals surface area contributed by atoms with E-state index in [1.54, 1.807) is 0 Å². The van der Waals surface area contributed by atoms with Crippen LogP contribution >= 0.6 is 15.9 Å². The number of aryl methyl sites for hydroxylation is 1. The fraction of sp³-hybridized carbons (Fsp3) is 0.278. The normalized spacial score (nSPS) is 18.3. The molecule has 0 saturated carbocycles. The van der Waals surface area contributed by atoms with Crippen LogP contribution in [0.25, 0.3) is 11.6 Å². The van der Waals surface area contributed by atoms with Crippen LogP contribution in [0.15, 0.2) is 27.1 Å². The molecule has 1 aliphatic carbocycles. The largest absolute Gasteiger partial charge is 0.461 e.